The molecule has 3 fully saturated rings. The quantitative estimate of drug-likeness (QED) is 0.504. The lowest BCUT2D eigenvalue weighted by molar-refractivity contribution is -0.145. The van der Waals surface area contributed by atoms with Crippen LogP contribution in [0.15, 0.2) is 30.3 Å². The number of ether oxygens (including phenoxy) is 1. The fourth-order valence-corrected chi connectivity index (χ4v) is 5.73. The standard InChI is InChI=1S/C24H33N3O5/c1-3-5-13-25-22(30)20-24-12-11-17(32-24)18(21(29)26-15-9-7-6-8-10-15)19(24)23(31)27(20)16(4-2)14-28/h6-10,16-20,28H,3-5,11-14H2,1-2H3,(H,25,30)(H,26,29)/t16-,17+,18-,19-,20?,24?/m0/s1. The lowest BCUT2D eigenvalue weighted by atomic mass is 9.70. The third-order valence-corrected chi connectivity index (χ3v) is 7.24. The van der Waals surface area contributed by atoms with Gasteiger partial charge in [-0.15, -0.1) is 0 Å². The molecule has 3 aliphatic rings. The van der Waals surface area contributed by atoms with Crippen LogP contribution in [0.3, 0.4) is 0 Å². The van der Waals surface area contributed by atoms with Gasteiger partial charge in [0.15, 0.2) is 0 Å². The van der Waals surface area contributed by atoms with Gasteiger partial charge >= 0.3 is 0 Å². The first-order valence-corrected chi connectivity index (χ1v) is 11.7. The summed E-state index contributed by atoms with van der Waals surface area (Å²) < 4.78 is 6.37. The fraction of sp³-hybridized carbons (Fsp3) is 0.625. The highest BCUT2D eigenvalue weighted by Crippen LogP contribution is 2.59. The van der Waals surface area contributed by atoms with Crippen molar-refractivity contribution in [2.45, 2.75) is 69.7 Å². The van der Waals surface area contributed by atoms with E-state index in [1.165, 1.54) is 4.90 Å². The summed E-state index contributed by atoms with van der Waals surface area (Å²) in [5.74, 6) is -2.18. The first kappa shape index (κ1) is 22.7. The number of likely N-dealkylation sites (tertiary alicyclic amines) is 1. The van der Waals surface area contributed by atoms with E-state index in [4.69, 9.17) is 4.74 Å². The van der Waals surface area contributed by atoms with Gasteiger partial charge in [-0.3, -0.25) is 14.4 Å². The van der Waals surface area contributed by atoms with Gasteiger partial charge in [-0.25, -0.2) is 0 Å². The van der Waals surface area contributed by atoms with Crippen LogP contribution in [-0.2, 0) is 19.1 Å². The summed E-state index contributed by atoms with van der Waals surface area (Å²) in [5, 5.41) is 15.8. The molecule has 3 N–H and O–H groups in total. The number of para-hydroxylation sites is 1. The number of unbranched alkanes of at least 4 members (excludes halogenated alkanes) is 1. The third-order valence-electron chi connectivity index (χ3n) is 7.24. The Bertz CT molecular complexity index is 858. The van der Waals surface area contributed by atoms with E-state index < -0.39 is 35.6 Å². The number of fused-ring (bicyclic) bond motifs is 1. The minimum absolute atomic E-state index is 0.242. The number of aliphatic hydroxyl groups is 1. The normalized spacial score (nSPS) is 31.5. The van der Waals surface area contributed by atoms with E-state index in [1.54, 1.807) is 12.1 Å². The van der Waals surface area contributed by atoms with Gasteiger partial charge in [-0.2, -0.15) is 0 Å². The average Bonchev–Trinajstić information content (AvgIpc) is 3.43. The van der Waals surface area contributed by atoms with Crippen molar-refractivity contribution in [2.24, 2.45) is 11.8 Å². The summed E-state index contributed by atoms with van der Waals surface area (Å²) in [6.45, 7) is 4.20. The van der Waals surface area contributed by atoms with E-state index in [9.17, 15) is 19.5 Å². The smallest absolute Gasteiger partial charge is 0.245 e. The monoisotopic (exact) mass is 443 g/mol. The van der Waals surface area contributed by atoms with Gasteiger partial charge in [-0.1, -0.05) is 38.5 Å². The molecule has 0 aliphatic carbocycles. The summed E-state index contributed by atoms with van der Waals surface area (Å²) in [7, 11) is 0. The fourth-order valence-electron chi connectivity index (χ4n) is 5.73. The summed E-state index contributed by atoms with van der Waals surface area (Å²) in [6.07, 6.45) is 3.07. The number of hydrogen-bond donors (Lipinski definition) is 3. The van der Waals surface area contributed by atoms with Crippen molar-refractivity contribution < 1.29 is 24.2 Å². The number of carbonyl (C=O) groups is 3. The van der Waals surface area contributed by atoms with E-state index >= 15 is 0 Å². The highest BCUT2D eigenvalue weighted by molar-refractivity contribution is 6.02. The van der Waals surface area contributed by atoms with Gasteiger partial charge < -0.3 is 25.4 Å². The summed E-state index contributed by atoms with van der Waals surface area (Å²) >= 11 is 0. The van der Waals surface area contributed by atoms with Crippen molar-refractivity contribution in [2.75, 3.05) is 18.5 Å². The SMILES string of the molecule is CCCCNC(=O)C1N([C@@H](CC)CO)C(=O)[C@@H]2[C@@H](C(=O)Nc3ccccc3)[C@H]3CCC12O3. The molecule has 1 aromatic rings. The molecule has 6 atom stereocenters. The van der Waals surface area contributed by atoms with Crippen molar-refractivity contribution in [1.29, 1.82) is 0 Å². The lowest BCUT2D eigenvalue weighted by Crippen LogP contribution is -2.58. The molecule has 32 heavy (non-hydrogen) atoms. The molecule has 0 aromatic heterocycles. The molecule has 2 unspecified atom stereocenters. The maximum atomic E-state index is 13.7. The maximum Gasteiger partial charge on any atom is 0.245 e. The predicted octanol–water partition coefficient (Wildman–Crippen LogP) is 1.69. The van der Waals surface area contributed by atoms with Crippen LogP contribution in [0, 0.1) is 11.8 Å². The Morgan fingerprint density at radius 3 is 2.66 bits per heavy atom. The zero-order chi connectivity index (χ0) is 22.9. The van der Waals surface area contributed by atoms with E-state index in [0.29, 0.717) is 31.5 Å². The first-order valence-electron chi connectivity index (χ1n) is 11.7. The van der Waals surface area contributed by atoms with Crippen LogP contribution in [0.4, 0.5) is 5.69 Å². The Balaban J connectivity index is 1.66. The van der Waals surface area contributed by atoms with Crippen LogP contribution < -0.4 is 10.6 Å². The molecule has 8 nitrogen and oxygen atoms in total. The Morgan fingerprint density at radius 1 is 1.25 bits per heavy atom. The van der Waals surface area contributed by atoms with Crippen molar-refractivity contribution in [3.8, 4) is 0 Å². The molecule has 1 spiro atoms. The van der Waals surface area contributed by atoms with Crippen LogP contribution in [-0.4, -0.2) is 64.7 Å². The zero-order valence-corrected chi connectivity index (χ0v) is 18.8. The topological polar surface area (TPSA) is 108 Å². The van der Waals surface area contributed by atoms with Crippen LogP contribution in [0.5, 0.6) is 0 Å². The molecule has 3 heterocycles. The van der Waals surface area contributed by atoms with Crippen molar-refractivity contribution >= 4 is 23.4 Å². The molecule has 174 valence electrons. The van der Waals surface area contributed by atoms with Gasteiger partial charge in [-0.05, 0) is 37.8 Å². The van der Waals surface area contributed by atoms with E-state index in [-0.39, 0.29) is 24.3 Å². The minimum atomic E-state index is -1.03. The van der Waals surface area contributed by atoms with Gasteiger partial charge in [0.25, 0.3) is 0 Å². The third kappa shape index (κ3) is 3.59. The number of hydrogen-bond acceptors (Lipinski definition) is 5. The highest BCUT2D eigenvalue weighted by Gasteiger charge is 2.74. The second-order valence-electron chi connectivity index (χ2n) is 9.05. The average molecular weight is 444 g/mol. The van der Waals surface area contributed by atoms with Gasteiger partial charge in [0.2, 0.25) is 17.7 Å². The molecule has 8 heteroatoms. The van der Waals surface area contributed by atoms with Crippen LogP contribution >= 0.6 is 0 Å². The molecule has 0 saturated carbocycles. The van der Waals surface area contributed by atoms with Gasteiger partial charge in [0, 0.05) is 12.2 Å². The lowest BCUT2D eigenvalue weighted by Gasteiger charge is -2.36. The Kier molecular flexibility index (Phi) is 6.53. The second kappa shape index (κ2) is 9.19. The Labute approximate surface area is 188 Å². The molecule has 4 rings (SSSR count). The van der Waals surface area contributed by atoms with E-state index in [0.717, 1.165) is 12.8 Å². The number of nitrogens with one attached hydrogen (secondary N) is 2. The zero-order valence-electron chi connectivity index (χ0n) is 18.8. The van der Waals surface area contributed by atoms with Crippen LogP contribution in [0.1, 0.15) is 46.0 Å². The number of nitrogens with zero attached hydrogens (tertiary/aromatic N) is 1. The second-order valence-corrected chi connectivity index (χ2v) is 9.05. The maximum absolute atomic E-state index is 13.7. The number of amides is 3. The predicted molar refractivity (Wildman–Crippen MR) is 119 cm³/mol. The molecular weight excluding hydrogens is 410 g/mol. The largest absolute Gasteiger partial charge is 0.394 e. The highest BCUT2D eigenvalue weighted by atomic mass is 16.5. The first-order chi connectivity index (χ1) is 15.5. The van der Waals surface area contributed by atoms with Crippen molar-refractivity contribution in [1.82, 2.24) is 10.2 Å². The molecule has 2 bridgehead atoms. The number of anilines is 1. The Hall–Kier alpha value is -2.45. The molecule has 1 aromatic carbocycles. The van der Waals surface area contributed by atoms with Crippen LogP contribution in [0.2, 0.25) is 0 Å². The number of rotatable bonds is 9. The molecule has 0 radical (unpaired) electrons. The van der Waals surface area contributed by atoms with E-state index in [1.807, 2.05) is 32.0 Å². The number of carbonyl (C=O) groups excluding carboxylic acids is 3. The van der Waals surface area contributed by atoms with Gasteiger partial charge in [0.05, 0.1) is 30.6 Å². The molecule has 3 saturated heterocycles. The Morgan fingerprint density at radius 2 is 2.00 bits per heavy atom. The van der Waals surface area contributed by atoms with Crippen molar-refractivity contribution in [3.05, 3.63) is 30.3 Å². The molecular formula is C24H33N3O5. The summed E-state index contributed by atoms with van der Waals surface area (Å²) in [4.78, 5) is 41.8. The summed E-state index contributed by atoms with van der Waals surface area (Å²) in [6, 6.07) is 7.80. The number of aliphatic hydroxyl groups excluding tert-OH is 1. The number of benzene rings is 1. The molecule has 3 aliphatic heterocycles. The van der Waals surface area contributed by atoms with Crippen LogP contribution in [0.25, 0.3) is 0 Å². The summed E-state index contributed by atoms with van der Waals surface area (Å²) in [5.41, 5.74) is -0.369. The molecule has 3 amide bonds. The van der Waals surface area contributed by atoms with E-state index in [2.05, 4.69) is 10.6 Å². The van der Waals surface area contributed by atoms with Crippen molar-refractivity contribution in [3.63, 3.8) is 0 Å². The minimum Gasteiger partial charge on any atom is -0.394 e. The van der Waals surface area contributed by atoms with Gasteiger partial charge in [0.1, 0.15) is 11.6 Å².